The van der Waals surface area contributed by atoms with E-state index >= 15 is 0 Å². The van der Waals surface area contributed by atoms with Crippen LogP contribution in [0.5, 0.6) is 5.75 Å². The van der Waals surface area contributed by atoms with Crippen molar-refractivity contribution in [2.24, 2.45) is 0 Å². The third kappa shape index (κ3) is 4.01. The summed E-state index contributed by atoms with van der Waals surface area (Å²) in [6.07, 6.45) is 0. The Kier molecular flexibility index (Phi) is 5.49. The maximum atomic E-state index is 12.4. The number of benzene rings is 2. The van der Waals surface area contributed by atoms with Gasteiger partial charge in [0.05, 0.1) is 23.8 Å². The first-order chi connectivity index (χ1) is 12.6. The first-order valence-corrected chi connectivity index (χ1v) is 8.63. The maximum Gasteiger partial charge on any atom is 0.321 e. The van der Waals surface area contributed by atoms with Crippen molar-refractivity contribution in [3.8, 4) is 11.8 Å². The highest BCUT2D eigenvalue weighted by Gasteiger charge is 2.21. The second kappa shape index (κ2) is 7.98. The van der Waals surface area contributed by atoms with Crippen LogP contribution in [0.2, 0.25) is 5.02 Å². The lowest BCUT2D eigenvalue weighted by atomic mass is 10.2. The summed E-state index contributed by atoms with van der Waals surface area (Å²) in [7, 11) is 1.59. The SMILES string of the molecule is COc1ccc(N2CCN(C(=O)Nc3ccc(C#N)cc3)CC2)cc1Cl. The minimum absolute atomic E-state index is 0.137. The van der Waals surface area contributed by atoms with Crippen molar-refractivity contribution in [2.75, 3.05) is 43.5 Å². The average molecular weight is 371 g/mol. The highest BCUT2D eigenvalue weighted by molar-refractivity contribution is 6.32. The highest BCUT2D eigenvalue weighted by atomic mass is 35.5. The predicted molar refractivity (Wildman–Crippen MR) is 102 cm³/mol. The molecule has 0 aliphatic carbocycles. The lowest BCUT2D eigenvalue weighted by Gasteiger charge is -2.36. The molecule has 26 heavy (non-hydrogen) atoms. The molecule has 1 saturated heterocycles. The zero-order chi connectivity index (χ0) is 18.5. The number of rotatable bonds is 3. The molecule has 0 spiro atoms. The molecule has 1 fully saturated rings. The number of nitrogens with zero attached hydrogens (tertiary/aromatic N) is 3. The Morgan fingerprint density at radius 3 is 2.42 bits per heavy atom. The smallest absolute Gasteiger partial charge is 0.321 e. The van der Waals surface area contributed by atoms with Crippen LogP contribution in [-0.2, 0) is 0 Å². The molecule has 0 radical (unpaired) electrons. The van der Waals surface area contributed by atoms with E-state index in [0.29, 0.717) is 35.1 Å². The number of anilines is 2. The van der Waals surface area contributed by atoms with E-state index < -0.39 is 0 Å². The molecular weight excluding hydrogens is 352 g/mol. The molecule has 2 amide bonds. The minimum atomic E-state index is -0.137. The van der Waals surface area contributed by atoms with Crippen LogP contribution in [0.25, 0.3) is 0 Å². The molecule has 1 aliphatic rings. The van der Waals surface area contributed by atoms with E-state index in [1.165, 1.54) is 0 Å². The molecule has 1 N–H and O–H groups in total. The first kappa shape index (κ1) is 17.9. The number of hydrogen-bond donors (Lipinski definition) is 1. The molecule has 134 valence electrons. The van der Waals surface area contributed by atoms with Crippen LogP contribution in [-0.4, -0.2) is 44.2 Å². The Hall–Kier alpha value is -2.91. The van der Waals surface area contributed by atoms with Crippen molar-refractivity contribution in [1.29, 1.82) is 5.26 Å². The molecule has 2 aromatic carbocycles. The second-order valence-electron chi connectivity index (χ2n) is 5.91. The second-order valence-corrected chi connectivity index (χ2v) is 6.32. The van der Waals surface area contributed by atoms with E-state index in [1.54, 1.807) is 36.3 Å². The van der Waals surface area contributed by atoms with E-state index in [2.05, 4.69) is 16.3 Å². The van der Waals surface area contributed by atoms with E-state index in [0.717, 1.165) is 18.8 Å². The minimum Gasteiger partial charge on any atom is -0.495 e. The number of piperazine rings is 1. The number of hydrogen-bond acceptors (Lipinski definition) is 4. The van der Waals surface area contributed by atoms with E-state index in [-0.39, 0.29) is 6.03 Å². The normalized spacial score (nSPS) is 13.9. The van der Waals surface area contributed by atoms with E-state index in [9.17, 15) is 4.79 Å². The number of urea groups is 1. The van der Waals surface area contributed by atoms with Gasteiger partial charge in [-0.1, -0.05) is 11.6 Å². The predicted octanol–water partition coefficient (Wildman–Crippen LogP) is 3.57. The third-order valence-electron chi connectivity index (χ3n) is 4.33. The van der Waals surface area contributed by atoms with Gasteiger partial charge in [-0.15, -0.1) is 0 Å². The monoisotopic (exact) mass is 370 g/mol. The van der Waals surface area contributed by atoms with Gasteiger partial charge >= 0.3 is 6.03 Å². The third-order valence-corrected chi connectivity index (χ3v) is 4.63. The van der Waals surface area contributed by atoms with Crippen LogP contribution in [0.3, 0.4) is 0 Å². The topological polar surface area (TPSA) is 68.6 Å². The lowest BCUT2D eigenvalue weighted by molar-refractivity contribution is 0.208. The molecule has 0 aromatic heterocycles. The van der Waals surface area contributed by atoms with Crippen molar-refractivity contribution >= 4 is 29.0 Å². The molecule has 1 heterocycles. The van der Waals surface area contributed by atoms with Crippen LogP contribution in [0.15, 0.2) is 42.5 Å². The summed E-state index contributed by atoms with van der Waals surface area (Å²) in [5.74, 6) is 0.649. The fourth-order valence-electron chi connectivity index (χ4n) is 2.85. The molecule has 1 aliphatic heterocycles. The largest absolute Gasteiger partial charge is 0.495 e. The molecule has 0 atom stereocenters. The molecule has 0 bridgehead atoms. The molecule has 6 nitrogen and oxygen atoms in total. The summed E-state index contributed by atoms with van der Waals surface area (Å²) >= 11 is 6.19. The van der Waals surface area contributed by atoms with E-state index in [4.69, 9.17) is 21.6 Å². The quantitative estimate of drug-likeness (QED) is 0.896. The summed E-state index contributed by atoms with van der Waals surface area (Å²) in [6.45, 7) is 2.68. The van der Waals surface area contributed by atoms with Gasteiger partial charge < -0.3 is 19.9 Å². The van der Waals surface area contributed by atoms with E-state index in [1.807, 2.05) is 18.2 Å². The summed E-state index contributed by atoms with van der Waals surface area (Å²) in [5.41, 5.74) is 2.26. The molecule has 7 heteroatoms. The van der Waals surface area contributed by atoms with Crippen LogP contribution in [0, 0.1) is 11.3 Å². The fourth-order valence-corrected chi connectivity index (χ4v) is 3.10. The van der Waals surface area contributed by atoms with Crippen molar-refractivity contribution in [2.45, 2.75) is 0 Å². The lowest BCUT2D eigenvalue weighted by Crippen LogP contribution is -2.50. The van der Waals surface area contributed by atoms with Crippen molar-refractivity contribution in [3.63, 3.8) is 0 Å². The van der Waals surface area contributed by atoms with Gasteiger partial charge in [0.25, 0.3) is 0 Å². The van der Waals surface area contributed by atoms with Gasteiger partial charge in [-0.05, 0) is 42.5 Å². The molecule has 0 saturated carbocycles. The Bertz CT molecular complexity index is 824. The van der Waals surface area contributed by atoms with Gasteiger partial charge in [-0.3, -0.25) is 0 Å². The Labute approximate surface area is 157 Å². The summed E-state index contributed by atoms with van der Waals surface area (Å²) in [4.78, 5) is 16.4. The zero-order valence-electron chi connectivity index (χ0n) is 14.4. The van der Waals surface area contributed by atoms with Crippen LogP contribution < -0.4 is 15.0 Å². The van der Waals surface area contributed by atoms with Crippen LogP contribution in [0.1, 0.15) is 5.56 Å². The summed E-state index contributed by atoms with van der Waals surface area (Å²) < 4.78 is 5.18. The molecule has 0 unspecified atom stereocenters. The Balaban J connectivity index is 1.56. The van der Waals surface area contributed by atoms with Gasteiger partial charge in [-0.2, -0.15) is 5.26 Å². The fraction of sp³-hybridized carbons (Fsp3) is 0.263. The number of halogens is 1. The van der Waals surface area contributed by atoms with Crippen molar-refractivity contribution < 1.29 is 9.53 Å². The van der Waals surface area contributed by atoms with Gasteiger partial charge in [0.1, 0.15) is 5.75 Å². The van der Waals surface area contributed by atoms with Crippen molar-refractivity contribution in [1.82, 2.24) is 4.90 Å². The van der Waals surface area contributed by atoms with Gasteiger partial charge in [-0.25, -0.2) is 4.79 Å². The number of ether oxygens (including phenoxy) is 1. The summed E-state index contributed by atoms with van der Waals surface area (Å²) in [6, 6.07) is 14.4. The van der Waals surface area contributed by atoms with Crippen LogP contribution >= 0.6 is 11.6 Å². The number of carbonyl (C=O) groups excluding carboxylic acids is 1. The molecule has 3 rings (SSSR count). The van der Waals surface area contributed by atoms with Crippen molar-refractivity contribution in [3.05, 3.63) is 53.1 Å². The van der Waals surface area contributed by atoms with Gasteiger partial charge in [0.15, 0.2) is 0 Å². The first-order valence-electron chi connectivity index (χ1n) is 8.25. The summed E-state index contributed by atoms with van der Waals surface area (Å²) in [5, 5.41) is 12.3. The number of nitriles is 1. The van der Waals surface area contributed by atoms with Gasteiger partial charge in [0.2, 0.25) is 0 Å². The Morgan fingerprint density at radius 1 is 1.15 bits per heavy atom. The highest BCUT2D eigenvalue weighted by Crippen LogP contribution is 2.29. The molecule has 2 aromatic rings. The number of methoxy groups -OCH3 is 1. The molecular formula is C19H19ClN4O2. The number of carbonyl (C=O) groups is 1. The van der Waals surface area contributed by atoms with Gasteiger partial charge in [0, 0.05) is 37.6 Å². The standard InChI is InChI=1S/C19H19ClN4O2/c1-26-18-7-6-16(12-17(18)20)23-8-10-24(11-9-23)19(25)22-15-4-2-14(13-21)3-5-15/h2-7,12H,8-11H2,1H3,(H,22,25). The number of nitrogens with one attached hydrogen (secondary N) is 1. The maximum absolute atomic E-state index is 12.4. The average Bonchev–Trinajstić information content (AvgIpc) is 2.68. The van der Waals surface area contributed by atoms with Crippen LogP contribution in [0.4, 0.5) is 16.2 Å². The number of amides is 2. The zero-order valence-corrected chi connectivity index (χ0v) is 15.2. The Morgan fingerprint density at radius 2 is 1.85 bits per heavy atom.